The van der Waals surface area contributed by atoms with E-state index in [1.807, 2.05) is 24.3 Å². The van der Waals surface area contributed by atoms with Gasteiger partial charge in [0.1, 0.15) is 6.04 Å². The molecule has 2 amide bonds. The number of fused-ring (bicyclic) bond motifs is 1. The smallest absolute Gasteiger partial charge is 0.425 e. The van der Waals surface area contributed by atoms with E-state index in [1.54, 1.807) is 12.1 Å². The van der Waals surface area contributed by atoms with Crippen molar-refractivity contribution in [2.24, 2.45) is 0 Å². The molecule has 0 bridgehead atoms. The molecule has 0 radical (unpaired) electrons. The van der Waals surface area contributed by atoms with E-state index in [9.17, 15) is 18.0 Å². The van der Waals surface area contributed by atoms with Crippen molar-refractivity contribution >= 4 is 45.4 Å². The number of methoxy groups -OCH3 is 1. The minimum Gasteiger partial charge on any atom is -0.452 e. The second-order valence-corrected chi connectivity index (χ2v) is 8.72. The number of thiol groups is 1. The third kappa shape index (κ3) is 4.02. The fourth-order valence-corrected chi connectivity index (χ4v) is 5.16. The van der Waals surface area contributed by atoms with Crippen LogP contribution in [0.1, 0.15) is 6.42 Å². The Bertz CT molecular complexity index is 979. The molecule has 3 rings (SSSR count). The number of amides is 2. The molecule has 2 atom stereocenters. The molecule has 2 aromatic rings. The second kappa shape index (κ2) is 7.75. The predicted octanol–water partition coefficient (Wildman–Crippen LogP) is 1.29. The molecule has 1 aliphatic heterocycles. The summed E-state index contributed by atoms with van der Waals surface area (Å²) in [5.41, 5.74) is 4.23. The van der Waals surface area contributed by atoms with Crippen LogP contribution >= 0.6 is 12.6 Å². The van der Waals surface area contributed by atoms with Crippen molar-refractivity contribution in [3.63, 3.8) is 0 Å². The molecule has 1 heterocycles. The van der Waals surface area contributed by atoms with Gasteiger partial charge >= 0.3 is 6.09 Å². The van der Waals surface area contributed by atoms with Gasteiger partial charge in [-0.1, -0.05) is 30.3 Å². The van der Waals surface area contributed by atoms with Crippen LogP contribution in [0.15, 0.2) is 47.4 Å². The maximum atomic E-state index is 13.1. The van der Waals surface area contributed by atoms with Crippen molar-refractivity contribution in [2.75, 3.05) is 13.7 Å². The molecule has 0 aliphatic carbocycles. The topological polar surface area (TPSA) is 105 Å². The van der Waals surface area contributed by atoms with Gasteiger partial charge in [-0.05, 0) is 29.3 Å². The lowest BCUT2D eigenvalue weighted by atomic mass is 10.1. The van der Waals surface area contributed by atoms with E-state index in [4.69, 9.17) is 0 Å². The van der Waals surface area contributed by atoms with E-state index >= 15 is 0 Å². The Balaban J connectivity index is 1.88. The molecule has 1 fully saturated rings. The number of hydrogen-bond donors (Lipinski definition) is 3. The quantitative estimate of drug-likeness (QED) is 0.523. The number of benzene rings is 2. The van der Waals surface area contributed by atoms with Crippen LogP contribution in [0.25, 0.3) is 10.8 Å². The van der Waals surface area contributed by atoms with E-state index in [0.29, 0.717) is 0 Å². The number of sulfonamides is 1. The Morgan fingerprint density at radius 2 is 1.85 bits per heavy atom. The standard InChI is InChI=1S/C17H19N3O5S2/c1-25-17(22)19-18-16(21)15-9-13(26)10-20(15)27(23,24)14-7-6-11-4-2-3-5-12(11)8-14/h2-8,13,15,26H,9-10H2,1H3,(H,18,21)(H,19,22)/t13-,15+/m1/s1. The van der Waals surface area contributed by atoms with Gasteiger partial charge in [0.25, 0.3) is 5.91 Å². The van der Waals surface area contributed by atoms with Gasteiger partial charge in [-0.15, -0.1) is 0 Å². The molecule has 0 unspecified atom stereocenters. The van der Waals surface area contributed by atoms with Gasteiger partial charge in [0, 0.05) is 11.8 Å². The molecule has 1 saturated heterocycles. The van der Waals surface area contributed by atoms with Gasteiger partial charge < -0.3 is 4.74 Å². The van der Waals surface area contributed by atoms with Crippen LogP contribution in [0.5, 0.6) is 0 Å². The Labute approximate surface area is 162 Å². The average Bonchev–Trinajstić information content (AvgIpc) is 3.08. The average molecular weight is 409 g/mol. The zero-order valence-corrected chi connectivity index (χ0v) is 16.2. The summed E-state index contributed by atoms with van der Waals surface area (Å²) in [5, 5.41) is 1.41. The monoisotopic (exact) mass is 409 g/mol. The van der Waals surface area contributed by atoms with E-state index in [2.05, 4.69) is 28.2 Å². The van der Waals surface area contributed by atoms with Crippen molar-refractivity contribution in [3.8, 4) is 0 Å². The zero-order valence-electron chi connectivity index (χ0n) is 14.5. The molecule has 2 N–H and O–H groups in total. The Morgan fingerprint density at radius 1 is 1.15 bits per heavy atom. The van der Waals surface area contributed by atoms with Gasteiger partial charge in [-0.2, -0.15) is 16.9 Å². The third-order valence-corrected chi connectivity index (χ3v) is 6.58. The first-order chi connectivity index (χ1) is 12.8. The van der Waals surface area contributed by atoms with Crippen LogP contribution < -0.4 is 10.9 Å². The predicted molar refractivity (Wildman–Crippen MR) is 103 cm³/mol. The molecular weight excluding hydrogens is 390 g/mol. The lowest BCUT2D eigenvalue weighted by Crippen LogP contribution is -2.51. The van der Waals surface area contributed by atoms with Crippen LogP contribution in [0.2, 0.25) is 0 Å². The van der Waals surface area contributed by atoms with Gasteiger partial charge in [0.15, 0.2) is 0 Å². The summed E-state index contributed by atoms with van der Waals surface area (Å²) in [7, 11) is -2.77. The van der Waals surface area contributed by atoms with Crippen molar-refractivity contribution in [1.29, 1.82) is 0 Å². The summed E-state index contributed by atoms with van der Waals surface area (Å²) in [5.74, 6) is -0.652. The number of hydrogen-bond acceptors (Lipinski definition) is 6. The van der Waals surface area contributed by atoms with Crippen LogP contribution in [0.3, 0.4) is 0 Å². The second-order valence-electron chi connectivity index (χ2n) is 6.09. The van der Waals surface area contributed by atoms with E-state index in [-0.39, 0.29) is 23.1 Å². The molecule has 1 aliphatic rings. The molecule has 0 spiro atoms. The van der Waals surface area contributed by atoms with Crippen LogP contribution in [0.4, 0.5) is 4.79 Å². The highest BCUT2D eigenvalue weighted by Crippen LogP contribution is 2.30. The number of rotatable bonds is 3. The summed E-state index contributed by atoms with van der Waals surface area (Å²) in [6.07, 6.45) is -0.627. The molecular formula is C17H19N3O5S2. The summed E-state index contributed by atoms with van der Waals surface area (Å²) in [6.45, 7) is 0.0918. The molecule has 27 heavy (non-hydrogen) atoms. The molecule has 0 aromatic heterocycles. The molecule has 8 nitrogen and oxygen atoms in total. The van der Waals surface area contributed by atoms with Gasteiger partial charge in [-0.25, -0.2) is 18.6 Å². The molecule has 2 aromatic carbocycles. The summed E-state index contributed by atoms with van der Waals surface area (Å²) in [6, 6.07) is 11.3. The number of carbonyl (C=O) groups excluding carboxylic acids is 2. The van der Waals surface area contributed by atoms with Crippen molar-refractivity contribution < 1.29 is 22.7 Å². The van der Waals surface area contributed by atoms with E-state index in [1.165, 1.54) is 6.07 Å². The highest BCUT2D eigenvalue weighted by atomic mass is 32.2. The molecule has 10 heteroatoms. The highest BCUT2D eigenvalue weighted by Gasteiger charge is 2.43. The lowest BCUT2D eigenvalue weighted by molar-refractivity contribution is -0.125. The van der Waals surface area contributed by atoms with Gasteiger partial charge in [0.05, 0.1) is 12.0 Å². The zero-order chi connectivity index (χ0) is 19.6. The summed E-state index contributed by atoms with van der Waals surface area (Å²) in [4.78, 5) is 23.6. The fourth-order valence-electron chi connectivity index (χ4n) is 3.00. The lowest BCUT2D eigenvalue weighted by Gasteiger charge is -2.23. The molecule has 144 valence electrons. The Kier molecular flexibility index (Phi) is 5.59. The first-order valence-electron chi connectivity index (χ1n) is 8.15. The normalized spacial score (nSPS) is 20.4. The van der Waals surface area contributed by atoms with E-state index < -0.39 is 28.1 Å². The summed E-state index contributed by atoms with van der Waals surface area (Å²) < 4.78 is 31.8. The maximum absolute atomic E-state index is 13.1. The van der Waals surface area contributed by atoms with E-state index in [0.717, 1.165) is 22.2 Å². The number of nitrogens with zero attached hydrogens (tertiary/aromatic N) is 1. The van der Waals surface area contributed by atoms with Crippen LogP contribution in [-0.4, -0.2) is 49.7 Å². The minimum atomic E-state index is -3.92. The number of ether oxygens (including phenoxy) is 1. The Hall–Kier alpha value is -2.30. The summed E-state index contributed by atoms with van der Waals surface area (Å²) >= 11 is 4.34. The molecule has 0 saturated carbocycles. The van der Waals surface area contributed by atoms with Crippen molar-refractivity contribution in [3.05, 3.63) is 42.5 Å². The number of hydrazine groups is 1. The van der Waals surface area contributed by atoms with Crippen molar-refractivity contribution in [1.82, 2.24) is 15.2 Å². The number of nitrogens with one attached hydrogen (secondary N) is 2. The van der Waals surface area contributed by atoms with Gasteiger partial charge in [-0.3, -0.25) is 10.2 Å². The van der Waals surface area contributed by atoms with Crippen molar-refractivity contribution in [2.45, 2.75) is 22.6 Å². The number of carbonyl (C=O) groups is 2. The first-order valence-corrected chi connectivity index (χ1v) is 10.1. The minimum absolute atomic E-state index is 0.0918. The van der Waals surface area contributed by atoms with Gasteiger partial charge in [0.2, 0.25) is 10.0 Å². The SMILES string of the molecule is COC(=O)NNC(=O)[C@@H]1C[C@@H](S)CN1S(=O)(=O)c1ccc2ccccc2c1. The van der Waals surface area contributed by atoms with Crippen LogP contribution in [0, 0.1) is 0 Å². The largest absolute Gasteiger partial charge is 0.452 e. The van der Waals surface area contributed by atoms with Crippen LogP contribution in [-0.2, 0) is 19.6 Å². The fraction of sp³-hybridized carbons (Fsp3) is 0.294. The Morgan fingerprint density at radius 3 is 2.56 bits per heavy atom. The first kappa shape index (κ1) is 19.5. The maximum Gasteiger partial charge on any atom is 0.425 e. The third-order valence-electron chi connectivity index (χ3n) is 4.34. The highest BCUT2D eigenvalue weighted by molar-refractivity contribution is 7.89.